The van der Waals surface area contributed by atoms with Gasteiger partial charge in [0.2, 0.25) is 17.7 Å². The number of likely N-dealkylation sites (N-methyl/N-ethyl adjacent to an activating group) is 1. The Balaban J connectivity index is 1.67. The van der Waals surface area contributed by atoms with Gasteiger partial charge < -0.3 is 20.3 Å². The molecule has 0 spiro atoms. The van der Waals surface area contributed by atoms with Crippen molar-refractivity contribution in [1.82, 2.24) is 5.32 Å². The van der Waals surface area contributed by atoms with Crippen LogP contribution in [-0.2, 0) is 19.1 Å². The number of benzene rings is 3. The average molecular weight is 513 g/mol. The van der Waals surface area contributed by atoms with Crippen LogP contribution in [0.2, 0.25) is 0 Å². The summed E-state index contributed by atoms with van der Waals surface area (Å²) in [7, 11) is 1.63. The average Bonchev–Trinajstić information content (AvgIpc) is 3.25. The first-order valence-electron chi connectivity index (χ1n) is 12.2. The molecular weight excluding hydrogens is 484 g/mol. The Morgan fingerprint density at radius 1 is 1.00 bits per heavy atom. The molecule has 1 heterocycles. The molecule has 3 aromatic rings. The highest BCUT2D eigenvalue weighted by atomic mass is 16.5. The Labute approximate surface area is 220 Å². The number of amides is 3. The molecule has 2 N–H and O–H groups in total. The Morgan fingerprint density at radius 2 is 1.71 bits per heavy atom. The fourth-order valence-electron chi connectivity index (χ4n) is 4.13. The van der Waals surface area contributed by atoms with Crippen molar-refractivity contribution >= 4 is 46.5 Å². The Bertz CT molecular complexity index is 1400. The second kappa shape index (κ2) is 11.5. The third-order valence-electron chi connectivity index (χ3n) is 6.09. The Hall–Kier alpha value is -4.79. The van der Waals surface area contributed by atoms with Crippen LogP contribution in [-0.4, -0.2) is 49.6 Å². The fraction of sp³-hybridized carbons (Fsp3) is 0.207. The van der Waals surface area contributed by atoms with E-state index in [4.69, 9.17) is 9.73 Å². The van der Waals surface area contributed by atoms with Gasteiger partial charge in [-0.05, 0) is 54.4 Å². The van der Waals surface area contributed by atoms with E-state index in [0.29, 0.717) is 33.9 Å². The number of hydrogen-bond donors (Lipinski definition) is 2. The second-order valence-corrected chi connectivity index (χ2v) is 8.69. The van der Waals surface area contributed by atoms with Crippen molar-refractivity contribution in [2.45, 2.75) is 19.8 Å². The van der Waals surface area contributed by atoms with E-state index in [9.17, 15) is 19.2 Å². The largest absolute Gasteiger partial charge is 0.462 e. The van der Waals surface area contributed by atoms with Crippen molar-refractivity contribution in [3.63, 3.8) is 0 Å². The van der Waals surface area contributed by atoms with Gasteiger partial charge in [-0.25, -0.2) is 4.79 Å². The number of esters is 1. The molecule has 1 unspecified atom stereocenters. The number of anilines is 2. The van der Waals surface area contributed by atoms with Crippen LogP contribution in [0.5, 0.6) is 0 Å². The topological polar surface area (TPSA) is 117 Å². The predicted octanol–water partition coefficient (Wildman–Crippen LogP) is 3.82. The number of fused-ring (bicyclic) bond motifs is 1. The molecular formula is C29H28N4O5. The summed E-state index contributed by atoms with van der Waals surface area (Å²) in [5, 5.41) is 5.37. The minimum atomic E-state index is -0.690. The highest BCUT2D eigenvalue weighted by molar-refractivity contribution is 6.24. The molecule has 1 atom stereocenters. The molecule has 38 heavy (non-hydrogen) atoms. The highest BCUT2D eigenvalue weighted by Crippen LogP contribution is 2.37. The molecule has 0 saturated heterocycles. The number of carbonyl (C=O) groups excluding carboxylic acids is 4. The number of hydrogen-bond acceptors (Lipinski definition) is 6. The quantitative estimate of drug-likeness (QED) is 0.352. The van der Waals surface area contributed by atoms with Gasteiger partial charge >= 0.3 is 5.97 Å². The summed E-state index contributed by atoms with van der Waals surface area (Å²) >= 11 is 0. The predicted molar refractivity (Wildman–Crippen MR) is 145 cm³/mol. The molecule has 0 bridgehead atoms. The first-order valence-corrected chi connectivity index (χ1v) is 12.2. The van der Waals surface area contributed by atoms with Crippen molar-refractivity contribution in [1.29, 1.82) is 0 Å². The number of carbonyl (C=O) groups is 4. The maximum absolute atomic E-state index is 13.2. The summed E-state index contributed by atoms with van der Waals surface area (Å²) in [6, 6.07) is 21.5. The molecule has 0 aromatic heterocycles. The van der Waals surface area contributed by atoms with E-state index in [0.717, 1.165) is 5.56 Å². The first kappa shape index (κ1) is 26.3. The standard InChI is InChI=1S/C29H28N4O5/c1-4-38-29(37)20-10-15-23-24(16-20)32-28(36)26(23)27(19-8-6-5-7-9-19)31-21-11-13-22(14-12-21)33(3)25(35)17-30-18(2)34/h5-16,26H,4,17H2,1-3H3,(H,30,34)(H,32,36). The fourth-order valence-corrected chi connectivity index (χ4v) is 4.13. The molecule has 3 aromatic carbocycles. The van der Waals surface area contributed by atoms with Gasteiger partial charge in [0.15, 0.2) is 0 Å². The van der Waals surface area contributed by atoms with Crippen LogP contribution in [0, 0.1) is 0 Å². The molecule has 3 amide bonds. The smallest absolute Gasteiger partial charge is 0.338 e. The van der Waals surface area contributed by atoms with Crippen molar-refractivity contribution < 1.29 is 23.9 Å². The lowest BCUT2D eigenvalue weighted by atomic mass is 9.90. The van der Waals surface area contributed by atoms with E-state index >= 15 is 0 Å². The number of ether oxygens (including phenoxy) is 1. The van der Waals surface area contributed by atoms with Crippen molar-refractivity contribution in [2.75, 3.05) is 30.4 Å². The van der Waals surface area contributed by atoms with Crippen LogP contribution in [0.4, 0.5) is 17.1 Å². The SMILES string of the molecule is CCOC(=O)c1ccc2c(c1)NC(=O)C2C(=Nc1ccc(N(C)C(=O)CNC(C)=O)cc1)c1ccccc1. The number of aliphatic imine (C=N–C) groups is 1. The second-order valence-electron chi connectivity index (χ2n) is 8.69. The van der Waals surface area contributed by atoms with Gasteiger partial charge in [0, 0.05) is 25.3 Å². The Morgan fingerprint density at radius 3 is 2.37 bits per heavy atom. The summed E-state index contributed by atoms with van der Waals surface area (Å²) in [4.78, 5) is 55.1. The minimum Gasteiger partial charge on any atom is -0.462 e. The van der Waals surface area contributed by atoms with Gasteiger partial charge in [-0.15, -0.1) is 0 Å². The summed E-state index contributed by atoms with van der Waals surface area (Å²) < 4.78 is 5.08. The van der Waals surface area contributed by atoms with Gasteiger partial charge in [0.1, 0.15) is 5.92 Å². The van der Waals surface area contributed by atoms with Gasteiger partial charge in [-0.2, -0.15) is 0 Å². The van der Waals surface area contributed by atoms with E-state index in [2.05, 4.69) is 10.6 Å². The molecule has 0 aliphatic carbocycles. The van der Waals surface area contributed by atoms with Crippen molar-refractivity contribution in [2.24, 2.45) is 4.99 Å². The normalized spacial score (nSPS) is 14.3. The lowest BCUT2D eigenvalue weighted by molar-refractivity contribution is -0.123. The molecule has 0 fully saturated rings. The van der Waals surface area contributed by atoms with Gasteiger partial charge in [0.25, 0.3) is 0 Å². The molecule has 9 heteroatoms. The molecule has 0 saturated carbocycles. The molecule has 1 aliphatic heterocycles. The van der Waals surface area contributed by atoms with Crippen LogP contribution < -0.4 is 15.5 Å². The van der Waals surface area contributed by atoms with Gasteiger partial charge in [-0.3, -0.25) is 19.4 Å². The summed E-state index contributed by atoms with van der Waals surface area (Å²) in [5.74, 6) is -1.93. The first-order chi connectivity index (χ1) is 18.3. The molecule has 1 aliphatic rings. The van der Waals surface area contributed by atoms with Crippen LogP contribution in [0.25, 0.3) is 0 Å². The zero-order valence-corrected chi connectivity index (χ0v) is 21.4. The zero-order chi connectivity index (χ0) is 27.2. The molecule has 0 radical (unpaired) electrons. The van der Waals surface area contributed by atoms with Crippen LogP contribution in [0.1, 0.15) is 41.3 Å². The van der Waals surface area contributed by atoms with Gasteiger partial charge in [0.05, 0.1) is 30.1 Å². The summed E-state index contributed by atoms with van der Waals surface area (Å²) in [6.45, 7) is 3.25. The Kier molecular flexibility index (Phi) is 7.96. The van der Waals surface area contributed by atoms with E-state index in [1.54, 1.807) is 56.4 Å². The molecule has 9 nitrogen and oxygen atoms in total. The van der Waals surface area contributed by atoms with E-state index in [-0.39, 0.29) is 30.9 Å². The van der Waals surface area contributed by atoms with E-state index in [1.165, 1.54) is 11.8 Å². The van der Waals surface area contributed by atoms with Crippen LogP contribution >= 0.6 is 0 Å². The van der Waals surface area contributed by atoms with Crippen molar-refractivity contribution in [3.05, 3.63) is 89.5 Å². The number of nitrogens with one attached hydrogen (secondary N) is 2. The number of rotatable bonds is 8. The lowest BCUT2D eigenvalue weighted by Crippen LogP contribution is -2.37. The maximum atomic E-state index is 13.2. The monoisotopic (exact) mass is 512 g/mol. The summed E-state index contributed by atoms with van der Waals surface area (Å²) in [5.41, 5.74) is 4.18. The van der Waals surface area contributed by atoms with Crippen LogP contribution in [0.3, 0.4) is 0 Å². The van der Waals surface area contributed by atoms with Crippen molar-refractivity contribution in [3.8, 4) is 0 Å². The third kappa shape index (κ3) is 5.78. The highest BCUT2D eigenvalue weighted by Gasteiger charge is 2.36. The summed E-state index contributed by atoms with van der Waals surface area (Å²) in [6.07, 6.45) is 0. The van der Waals surface area contributed by atoms with E-state index in [1.807, 2.05) is 30.3 Å². The third-order valence-corrected chi connectivity index (χ3v) is 6.09. The number of nitrogens with zero attached hydrogens (tertiary/aromatic N) is 2. The molecule has 194 valence electrons. The van der Waals surface area contributed by atoms with E-state index < -0.39 is 11.9 Å². The van der Waals surface area contributed by atoms with Gasteiger partial charge in [-0.1, -0.05) is 36.4 Å². The zero-order valence-electron chi connectivity index (χ0n) is 21.4. The minimum absolute atomic E-state index is 0.0992. The molecule has 4 rings (SSSR count). The lowest BCUT2D eigenvalue weighted by Gasteiger charge is -2.18. The maximum Gasteiger partial charge on any atom is 0.338 e. The van der Waals surface area contributed by atoms with Crippen LogP contribution in [0.15, 0.2) is 77.8 Å².